The highest BCUT2D eigenvalue weighted by atomic mass is 32.2. The normalized spacial score (nSPS) is 19.1. The van der Waals surface area contributed by atoms with Gasteiger partial charge in [-0.2, -0.15) is 0 Å². The number of rotatable bonds is 6. The molecule has 1 saturated carbocycles. The van der Waals surface area contributed by atoms with E-state index >= 15 is 0 Å². The molecule has 0 aromatic heterocycles. The van der Waals surface area contributed by atoms with Crippen molar-refractivity contribution in [2.75, 3.05) is 12.3 Å². The van der Waals surface area contributed by atoms with Gasteiger partial charge in [0.15, 0.2) is 0 Å². The van der Waals surface area contributed by atoms with Crippen LogP contribution >= 0.6 is 0 Å². The van der Waals surface area contributed by atoms with Gasteiger partial charge in [-0.1, -0.05) is 56.0 Å². The lowest BCUT2D eigenvalue weighted by molar-refractivity contribution is 0.369. The first-order valence-corrected chi connectivity index (χ1v) is 9.45. The largest absolute Gasteiger partial charge is 0.324 e. The predicted molar refractivity (Wildman–Crippen MR) is 86.6 cm³/mol. The molecule has 3 N–H and O–H groups in total. The molecule has 0 bridgehead atoms. The monoisotopic (exact) mass is 310 g/mol. The van der Waals surface area contributed by atoms with Crippen LogP contribution in [0.5, 0.6) is 0 Å². The predicted octanol–water partition coefficient (Wildman–Crippen LogP) is 2.20. The van der Waals surface area contributed by atoms with Gasteiger partial charge in [0.25, 0.3) is 0 Å². The van der Waals surface area contributed by atoms with Gasteiger partial charge in [0, 0.05) is 12.1 Å². The van der Waals surface area contributed by atoms with E-state index in [4.69, 9.17) is 5.73 Å². The molecule has 0 spiro atoms. The minimum Gasteiger partial charge on any atom is -0.324 e. The van der Waals surface area contributed by atoms with E-state index in [1.54, 1.807) is 0 Å². The van der Waals surface area contributed by atoms with E-state index in [0.717, 1.165) is 31.2 Å². The quantitative estimate of drug-likeness (QED) is 0.791. The minimum atomic E-state index is -3.26. The summed E-state index contributed by atoms with van der Waals surface area (Å²) >= 11 is 0. The van der Waals surface area contributed by atoms with Gasteiger partial charge in [-0.05, 0) is 24.8 Å². The number of sulfonamides is 1. The Morgan fingerprint density at radius 3 is 2.29 bits per heavy atom. The van der Waals surface area contributed by atoms with Crippen LogP contribution in [-0.2, 0) is 16.4 Å². The number of aryl methyl sites for hydroxylation is 1. The fraction of sp³-hybridized carbons (Fsp3) is 0.625. The third kappa shape index (κ3) is 5.77. The molecule has 1 aliphatic carbocycles. The molecule has 1 aromatic carbocycles. The summed E-state index contributed by atoms with van der Waals surface area (Å²) in [5.41, 5.74) is 7.02. The number of benzene rings is 1. The van der Waals surface area contributed by atoms with Crippen LogP contribution in [0.4, 0.5) is 0 Å². The second kappa shape index (κ2) is 7.38. The van der Waals surface area contributed by atoms with Crippen LogP contribution in [-0.4, -0.2) is 26.3 Å². The molecule has 0 amide bonds. The highest BCUT2D eigenvalue weighted by molar-refractivity contribution is 7.89. The summed E-state index contributed by atoms with van der Waals surface area (Å²) in [5, 5.41) is 0. The summed E-state index contributed by atoms with van der Waals surface area (Å²) in [6, 6.07) is 9.68. The zero-order valence-electron chi connectivity index (χ0n) is 12.6. The lowest BCUT2D eigenvalue weighted by Gasteiger charge is -2.28. The summed E-state index contributed by atoms with van der Waals surface area (Å²) in [4.78, 5) is 0. The average Bonchev–Trinajstić information content (AvgIpc) is 2.70. The standard InChI is InChI=1S/C16H26N2O2S/c17-16(11-6-1-2-7-12-16)14-18-21(19,20)13-10-15-8-4-3-5-9-15/h3-5,8-9,18H,1-2,6-7,10-14,17H2. The average molecular weight is 310 g/mol. The maximum atomic E-state index is 12.1. The molecule has 4 nitrogen and oxygen atoms in total. The Morgan fingerprint density at radius 2 is 1.67 bits per heavy atom. The molecule has 0 atom stereocenters. The van der Waals surface area contributed by atoms with Crippen molar-refractivity contribution in [3.8, 4) is 0 Å². The first kappa shape index (κ1) is 16.5. The highest BCUT2D eigenvalue weighted by Crippen LogP contribution is 2.24. The fourth-order valence-electron chi connectivity index (χ4n) is 2.83. The van der Waals surface area contributed by atoms with Crippen LogP contribution in [0, 0.1) is 0 Å². The topological polar surface area (TPSA) is 72.2 Å². The Labute approximate surface area is 128 Å². The molecule has 2 rings (SSSR count). The smallest absolute Gasteiger partial charge is 0.211 e. The van der Waals surface area contributed by atoms with Gasteiger partial charge in [-0.15, -0.1) is 0 Å². The summed E-state index contributed by atoms with van der Waals surface area (Å²) in [7, 11) is -3.26. The lowest BCUT2D eigenvalue weighted by Crippen LogP contribution is -2.50. The van der Waals surface area contributed by atoms with E-state index in [1.807, 2.05) is 30.3 Å². The maximum absolute atomic E-state index is 12.1. The Morgan fingerprint density at radius 1 is 1.05 bits per heavy atom. The van der Waals surface area contributed by atoms with E-state index in [1.165, 1.54) is 12.8 Å². The van der Waals surface area contributed by atoms with Gasteiger partial charge >= 0.3 is 0 Å². The Hall–Kier alpha value is -0.910. The van der Waals surface area contributed by atoms with Gasteiger partial charge in [-0.3, -0.25) is 0 Å². The first-order chi connectivity index (χ1) is 9.99. The first-order valence-electron chi connectivity index (χ1n) is 7.79. The van der Waals surface area contributed by atoms with Crippen LogP contribution < -0.4 is 10.5 Å². The molecule has 0 aliphatic heterocycles. The second-order valence-electron chi connectivity index (χ2n) is 6.15. The van der Waals surface area contributed by atoms with Crippen molar-refractivity contribution in [3.05, 3.63) is 35.9 Å². The molecule has 0 saturated heterocycles. The van der Waals surface area contributed by atoms with E-state index < -0.39 is 10.0 Å². The summed E-state index contributed by atoms with van der Waals surface area (Å²) in [6.07, 6.45) is 6.97. The Balaban J connectivity index is 1.83. The van der Waals surface area contributed by atoms with Crippen molar-refractivity contribution in [3.63, 3.8) is 0 Å². The molecular formula is C16H26N2O2S. The van der Waals surface area contributed by atoms with Crippen molar-refractivity contribution < 1.29 is 8.42 Å². The van der Waals surface area contributed by atoms with Crippen LogP contribution in [0.3, 0.4) is 0 Å². The van der Waals surface area contributed by atoms with Gasteiger partial charge in [0.2, 0.25) is 10.0 Å². The van der Waals surface area contributed by atoms with Gasteiger partial charge in [-0.25, -0.2) is 13.1 Å². The maximum Gasteiger partial charge on any atom is 0.211 e. The zero-order valence-corrected chi connectivity index (χ0v) is 13.4. The summed E-state index contributed by atoms with van der Waals surface area (Å²) in [5.74, 6) is 0.118. The van der Waals surface area contributed by atoms with Crippen LogP contribution in [0.15, 0.2) is 30.3 Å². The van der Waals surface area contributed by atoms with E-state index in [0.29, 0.717) is 13.0 Å². The molecule has 0 radical (unpaired) electrons. The van der Waals surface area contributed by atoms with Crippen molar-refractivity contribution in [1.29, 1.82) is 0 Å². The van der Waals surface area contributed by atoms with Crippen molar-refractivity contribution in [2.24, 2.45) is 5.73 Å². The molecule has 0 unspecified atom stereocenters. The van der Waals surface area contributed by atoms with Gasteiger partial charge in [0.1, 0.15) is 0 Å². The van der Waals surface area contributed by atoms with Gasteiger partial charge in [0.05, 0.1) is 5.75 Å². The Bertz CT molecular complexity index is 520. The minimum absolute atomic E-state index is 0.118. The molecule has 1 fully saturated rings. The van der Waals surface area contributed by atoms with Crippen molar-refractivity contribution in [2.45, 2.75) is 50.5 Å². The molecular weight excluding hydrogens is 284 g/mol. The molecule has 1 aliphatic rings. The third-order valence-electron chi connectivity index (χ3n) is 4.25. The number of hydrogen-bond donors (Lipinski definition) is 2. The molecule has 0 heterocycles. The van der Waals surface area contributed by atoms with Crippen LogP contribution in [0.2, 0.25) is 0 Å². The molecule has 118 valence electrons. The van der Waals surface area contributed by atoms with E-state index in [2.05, 4.69) is 4.72 Å². The summed E-state index contributed by atoms with van der Waals surface area (Å²) in [6.45, 7) is 0.365. The van der Waals surface area contributed by atoms with Crippen molar-refractivity contribution in [1.82, 2.24) is 4.72 Å². The summed E-state index contributed by atoms with van der Waals surface area (Å²) < 4.78 is 26.9. The SMILES string of the molecule is NC1(CNS(=O)(=O)CCc2ccccc2)CCCCCC1. The third-order valence-corrected chi connectivity index (χ3v) is 5.57. The number of hydrogen-bond acceptors (Lipinski definition) is 3. The fourth-order valence-corrected chi connectivity index (χ4v) is 3.99. The second-order valence-corrected chi connectivity index (χ2v) is 8.08. The van der Waals surface area contributed by atoms with E-state index in [-0.39, 0.29) is 11.3 Å². The van der Waals surface area contributed by atoms with Crippen LogP contribution in [0.25, 0.3) is 0 Å². The number of nitrogens with one attached hydrogen (secondary N) is 1. The highest BCUT2D eigenvalue weighted by Gasteiger charge is 2.27. The van der Waals surface area contributed by atoms with Gasteiger partial charge < -0.3 is 5.73 Å². The van der Waals surface area contributed by atoms with Crippen LogP contribution in [0.1, 0.15) is 44.1 Å². The lowest BCUT2D eigenvalue weighted by atomic mass is 9.92. The number of nitrogens with two attached hydrogens (primary N) is 1. The Kier molecular flexibility index (Phi) is 5.79. The van der Waals surface area contributed by atoms with E-state index in [9.17, 15) is 8.42 Å². The molecule has 5 heteroatoms. The molecule has 21 heavy (non-hydrogen) atoms. The zero-order chi connectivity index (χ0) is 15.2. The molecule has 1 aromatic rings. The van der Waals surface area contributed by atoms with Crippen molar-refractivity contribution >= 4 is 10.0 Å².